The van der Waals surface area contributed by atoms with Crippen molar-refractivity contribution < 1.29 is 13.3 Å². The minimum absolute atomic E-state index is 0.0827. The Morgan fingerprint density at radius 1 is 1.06 bits per heavy atom. The molecule has 0 aliphatic heterocycles. The zero-order valence-electron chi connectivity index (χ0n) is 18.4. The zero-order valence-corrected chi connectivity index (χ0v) is 19.2. The number of rotatable bonds is 10. The first kappa shape index (κ1) is 23.4. The molecule has 3 rings (SSSR count). The molecule has 0 radical (unpaired) electrons. The molecule has 0 aliphatic carbocycles. The second-order valence-electron chi connectivity index (χ2n) is 7.38. The maximum Gasteiger partial charge on any atom is 0.293 e. The molecule has 3 aromatic rings. The third-order valence-corrected chi connectivity index (χ3v) is 7.24. The number of nitrogens with zero attached hydrogens (tertiary/aromatic N) is 5. The Labute approximate surface area is 188 Å². The van der Waals surface area contributed by atoms with Gasteiger partial charge >= 0.3 is 0 Å². The number of sulfonamides is 1. The Morgan fingerprint density at radius 2 is 1.75 bits per heavy atom. The summed E-state index contributed by atoms with van der Waals surface area (Å²) in [4.78, 5) is 12.8. The summed E-state index contributed by atoms with van der Waals surface area (Å²) in [7, 11) is -2.06. The maximum atomic E-state index is 12.8. The lowest BCUT2D eigenvalue weighted by Gasteiger charge is -2.21. The van der Waals surface area contributed by atoms with Crippen LogP contribution in [0.4, 0.5) is 11.4 Å². The van der Waals surface area contributed by atoms with Crippen LogP contribution in [-0.4, -0.2) is 47.6 Å². The van der Waals surface area contributed by atoms with Crippen LogP contribution in [0.1, 0.15) is 25.0 Å². The van der Waals surface area contributed by atoms with E-state index in [0.717, 1.165) is 17.2 Å². The molecule has 0 N–H and O–H groups in total. The van der Waals surface area contributed by atoms with Gasteiger partial charge in [-0.25, -0.2) is 8.42 Å². The van der Waals surface area contributed by atoms with Crippen molar-refractivity contribution in [3.05, 3.63) is 82.2 Å². The van der Waals surface area contributed by atoms with Gasteiger partial charge in [-0.1, -0.05) is 44.2 Å². The summed E-state index contributed by atoms with van der Waals surface area (Å²) in [6.45, 7) is 5.06. The normalized spacial score (nSPS) is 11.6. The van der Waals surface area contributed by atoms with Crippen LogP contribution in [0.25, 0.3) is 0 Å². The highest BCUT2D eigenvalue weighted by Crippen LogP contribution is 2.32. The molecule has 2 aromatic carbocycles. The van der Waals surface area contributed by atoms with Crippen molar-refractivity contribution in [1.29, 1.82) is 0 Å². The van der Waals surface area contributed by atoms with Crippen LogP contribution in [0.3, 0.4) is 0 Å². The van der Waals surface area contributed by atoms with Gasteiger partial charge in [0.2, 0.25) is 10.0 Å². The Bertz CT molecular complexity index is 1170. The predicted molar refractivity (Wildman–Crippen MR) is 123 cm³/mol. The lowest BCUT2D eigenvalue weighted by molar-refractivity contribution is -0.384. The van der Waals surface area contributed by atoms with Gasteiger partial charge in [0.15, 0.2) is 0 Å². The van der Waals surface area contributed by atoms with Crippen LogP contribution in [-0.2, 0) is 23.1 Å². The molecule has 0 aliphatic rings. The number of hydrogen-bond acceptors (Lipinski definition) is 6. The fourth-order valence-corrected chi connectivity index (χ4v) is 5.03. The summed E-state index contributed by atoms with van der Waals surface area (Å²) >= 11 is 0. The molecule has 0 amide bonds. The molecule has 9 nitrogen and oxygen atoms in total. The average Bonchev–Trinajstić information content (AvgIpc) is 3.21. The predicted octanol–water partition coefficient (Wildman–Crippen LogP) is 3.51. The SMILES string of the molecule is CCN(CC)S(=O)(=O)c1ccc(N(C)Cc2cnn(Cc3ccccc3)c2)c([N+](=O)[O-])c1. The Hall–Kier alpha value is -3.24. The standard InChI is InChI=1S/C22H27N5O4S/c1-4-26(5-2)32(30,31)20-11-12-21(22(13-20)27(28)29)24(3)15-19-14-23-25(17-19)16-18-9-7-6-8-10-18/h6-14,17H,4-5,15-16H2,1-3H3. The summed E-state index contributed by atoms with van der Waals surface area (Å²) in [5.74, 6) is 0. The van der Waals surface area contributed by atoms with Gasteiger partial charge in [-0.05, 0) is 17.7 Å². The van der Waals surface area contributed by atoms with E-state index in [4.69, 9.17) is 0 Å². The van der Waals surface area contributed by atoms with E-state index in [9.17, 15) is 18.5 Å². The van der Waals surface area contributed by atoms with Crippen LogP contribution in [0, 0.1) is 10.1 Å². The molecular formula is C22H27N5O4S. The van der Waals surface area contributed by atoms with Crippen molar-refractivity contribution in [2.24, 2.45) is 0 Å². The number of nitro groups is 1. The minimum atomic E-state index is -3.79. The molecule has 0 spiro atoms. The largest absolute Gasteiger partial charge is 0.365 e. The summed E-state index contributed by atoms with van der Waals surface area (Å²) in [5.41, 5.74) is 2.09. The van der Waals surface area contributed by atoms with Gasteiger partial charge in [0, 0.05) is 44.5 Å². The molecule has 170 valence electrons. The fourth-order valence-electron chi connectivity index (χ4n) is 3.55. The highest BCUT2D eigenvalue weighted by Gasteiger charge is 2.26. The van der Waals surface area contributed by atoms with Gasteiger partial charge in [0.05, 0.1) is 22.6 Å². The van der Waals surface area contributed by atoms with E-state index in [1.54, 1.807) is 32.0 Å². The monoisotopic (exact) mass is 457 g/mol. The van der Waals surface area contributed by atoms with Crippen molar-refractivity contribution in [3.63, 3.8) is 0 Å². The molecule has 0 atom stereocenters. The highest BCUT2D eigenvalue weighted by molar-refractivity contribution is 7.89. The number of anilines is 1. The topological polar surface area (TPSA) is 102 Å². The molecule has 0 saturated heterocycles. The van der Waals surface area contributed by atoms with E-state index in [-0.39, 0.29) is 10.6 Å². The van der Waals surface area contributed by atoms with Gasteiger partial charge in [0.25, 0.3) is 5.69 Å². The number of hydrogen-bond donors (Lipinski definition) is 0. The zero-order chi connectivity index (χ0) is 23.3. The van der Waals surface area contributed by atoms with Crippen molar-refractivity contribution in [1.82, 2.24) is 14.1 Å². The van der Waals surface area contributed by atoms with E-state index >= 15 is 0 Å². The molecule has 1 aromatic heterocycles. The van der Waals surface area contributed by atoms with E-state index in [2.05, 4.69) is 5.10 Å². The molecule has 1 heterocycles. The van der Waals surface area contributed by atoms with Crippen molar-refractivity contribution in [2.75, 3.05) is 25.0 Å². The average molecular weight is 458 g/mol. The second-order valence-corrected chi connectivity index (χ2v) is 9.32. The third-order valence-electron chi connectivity index (χ3n) is 5.19. The first-order chi connectivity index (χ1) is 15.3. The first-order valence-corrected chi connectivity index (χ1v) is 11.7. The van der Waals surface area contributed by atoms with Gasteiger partial charge in [-0.15, -0.1) is 0 Å². The molecule has 10 heteroatoms. The summed E-state index contributed by atoms with van der Waals surface area (Å²) in [5, 5.41) is 16.1. The summed E-state index contributed by atoms with van der Waals surface area (Å²) in [6, 6.07) is 14.0. The fraction of sp³-hybridized carbons (Fsp3) is 0.318. The Morgan fingerprint density at radius 3 is 2.38 bits per heavy atom. The third kappa shape index (κ3) is 5.14. The molecule has 0 unspecified atom stereocenters. The first-order valence-electron chi connectivity index (χ1n) is 10.3. The van der Waals surface area contributed by atoms with E-state index in [0.29, 0.717) is 31.9 Å². The number of aromatic nitrogens is 2. The highest BCUT2D eigenvalue weighted by atomic mass is 32.2. The lowest BCUT2D eigenvalue weighted by Crippen LogP contribution is -2.30. The molecule has 32 heavy (non-hydrogen) atoms. The van der Waals surface area contributed by atoms with Crippen molar-refractivity contribution in [2.45, 2.75) is 31.8 Å². The summed E-state index contributed by atoms with van der Waals surface area (Å²) < 4.78 is 28.6. The second kappa shape index (κ2) is 9.92. The van der Waals surface area contributed by atoms with E-state index in [1.807, 2.05) is 41.2 Å². The number of nitro benzene ring substituents is 1. The smallest absolute Gasteiger partial charge is 0.293 e. The molecule has 0 fully saturated rings. The van der Waals surface area contributed by atoms with E-state index < -0.39 is 14.9 Å². The Balaban J connectivity index is 1.82. The quantitative estimate of drug-likeness (QED) is 0.341. The van der Waals surface area contributed by atoms with Crippen LogP contribution in [0.5, 0.6) is 0 Å². The molecule has 0 bridgehead atoms. The van der Waals surface area contributed by atoms with Crippen LogP contribution >= 0.6 is 0 Å². The van der Waals surface area contributed by atoms with Gasteiger partial charge in [-0.2, -0.15) is 9.40 Å². The van der Waals surface area contributed by atoms with Crippen molar-refractivity contribution in [3.8, 4) is 0 Å². The number of benzene rings is 2. The molecular weight excluding hydrogens is 430 g/mol. The lowest BCUT2D eigenvalue weighted by atomic mass is 10.2. The summed E-state index contributed by atoms with van der Waals surface area (Å²) in [6.07, 6.45) is 3.62. The van der Waals surface area contributed by atoms with Gasteiger partial charge in [-0.3, -0.25) is 14.8 Å². The van der Waals surface area contributed by atoms with Crippen LogP contribution in [0.2, 0.25) is 0 Å². The molecule has 0 saturated carbocycles. The van der Waals surface area contributed by atoms with Crippen molar-refractivity contribution >= 4 is 21.4 Å². The van der Waals surface area contributed by atoms with E-state index in [1.165, 1.54) is 16.4 Å². The maximum absolute atomic E-state index is 12.8. The van der Waals surface area contributed by atoms with Crippen LogP contribution in [0.15, 0.2) is 65.8 Å². The Kier molecular flexibility index (Phi) is 7.26. The van der Waals surface area contributed by atoms with Gasteiger partial charge in [0.1, 0.15) is 5.69 Å². The van der Waals surface area contributed by atoms with Crippen LogP contribution < -0.4 is 4.90 Å². The minimum Gasteiger partial charge on any atom is -0.365 e. The van der Waals surface area contributed by atoms with Gasteiger partial charge < -0.3 is 4.90 Å².